The van der Waals surface area contributed by atoms with E-state index in [9.17, 15) is 18.4 Å². The summed E-state index contributed by atoms with van der Waals surface area (Å²) in [4.78, 5) is 24.0. The monoisotopic (exact) mass is 369 g/mol. The Kier molecular flexibility index (Phi) is 9.84. The van der Waals surface area contributed by atoms with Crippen molar-refractivity contribution in [3.8, 4) is 0 Å². The van der Waals surface area contributed by atoms with Crippen molar-refractivity contribution in [1.29, 1.82) is 0 Å². The van der Waals surface area contributed by atoms with Gasteiger partial charge in [0.25, 0.3) is 5.91 Å². The van der Waals surface area contributed by atoms with Gasteiger partial charge in [0.1, 0.15) is 23.2 Å². The SMILES string of the molecule is CCCCCCCCCOC(=O)C(C)NC(=O)c1c(F)ccc(C)c1F. The van der Waals surface area contributed by atoms with E-state index in [1.165, 1.54) is 45.6 Å². The average Bonchev–Trinajstić information content (AvgIpc) is 2.60. The molecule has 1 rings (SSSR count). The molecular weight excluding hydrogens is 340 g/mol. The van der Waals surface area contributed by atoms with Crippen molar-refractivity contribution in [2.75, 3.05) is 6.61 Å². The minimum absolute atomic E-state index is 0.158. The van der Waals surface area contributed by atoms with Gasteiger partial charge in [-0.3, -0.25) is 4.79 Å². The van der Waals surface area contributed by atoms with Crippen LogP contribution in [0.1, 0.15) is 74.7 Å². The van der Waals surface area contributed by atoms with Gasteiger partial charge in [-0.05, 0) is 31.9 Å². The zero-order valence-electron chi connectivity index (χ0n) is 15.9. The number of esters is 1. The number of hydrogen-bond acceptors (Lipinski definition) is 3. The van der Waals surface area contributed by atoms with E-state index in [1.54, 1.807) is 0 Å². The summed E-state index contributed by atoms with van der Waals surface area (Å²) in [5.41, 5.74) is -0.526. The normalized spacial score (nSPS) is 11.9. The summed E-state index contributed by atoms with van der Waals surface area (Å²) in [6.45, 7) is 5.31. The van der Waals surface area contributed by atoms with Gasteiger partial charge in [-0.25, -0.2) is 13.6 Å². The maximum Gasteiger partial charge on any atom is 0.328 e. The molecule has 6 heteroatoms. The van der Waals surface area contributed by atoms with Crippen molar-refractivity contribution >= 4 is 11.9 Å². The van der Waals surface area contributed by atoms with Crippen LogP contribution in [0.25, 0.3) is 0 Å². The fourth-order valence-electron chi connectivity index (χ4n) is 2.55. The minimum Gasteiger partial charge on any atom is -0.464 e. The third-order valence-electron chi connectivity index (χ3n) is 4.20. The highest BCUT2D eigenvalue weighted by molar-refractivity contribution is 5.97. The Labute approximate surface area is 154 Å². The fraction of sp³-hybridized carbons (Fsp3) is 0.600. The molecule has 1 aromatic rings. The van der Waals surface area contributed by atoms with Crippen LogP contribution in [0.15, 0.2) is 12.1 Å². The number of halogens is 2. The zero-order chi connectivity index (χ0) is 19.5. The number of aryl methyl sites for hydroxylation is 1. The molecule has 1 aromatic carbocycles. The lowest BCUT2D eigenvalue weighted by Crippen LogP contribution is -2.40. The maximum absolute atomic E-state index is 13.9. The number of nitrogens with one attached hydrogen (secondary N) is 1. The molecule has 1 N–H and O–H groups in total. The Bertz CT molecular complexity index is 605. The molecule has 1 amide bonds. The molecule has 1 atom stereocenters. The van der Waals surface area contributed by atoms with Gasteiger partial charge < -0.3 is 10.1 Å². The second-order valence-electron chi connectivity index (χ2n) is 6.54. The lowest BCUT2D eigenvalue weighted by Gasteiger charge is -2.14. The van der Waals surface area contributed by atoms with Crippen molar-refractivity contribution in [2.24, 2.45) is 0 Å². The Morgan fingerprint density at radius 3 is 2.35 bits per heavy atom. The molecule has 0 aromatic heterocycles. The van der Waals surface area contributed by atoms with E-state index in [0.29, 0.717) is 0 Å². The average molecular weight is 369 g/mol. The van der Waals surface area contributed by atoms with Crippen molar-refractivity contribution in [3.05, 3.63) is 34.9 Å². The highest BCUT2D eigenvalue weighted by Gasteiger charge is 2.23. The molecule has 0 radical (unpaired) electrons. The number of unbranched alkanes of at least 4 members (excludes halogenated alkanes) is 6. The lowest BCUT2D eigenvalue weighted by atomic mass is 10.1. The van der Waals surface area contributed by atoms with Crippen LogP contribution >= 0.6 is 0 Å². The van der Waals surface area contributed by atoms with Crippen LogP contribution in [0.2, 0.25) is 0 Å². The standard InChI is InChI=1S/C20H29F2NO3/c1-4-5-6-7-8-9-10-13-26-20(25)15(3)23-19(24)17-16(21)12-11-14(2)18(17)22/h11-12,15H,4-10,13H2,1-3H3,(H,23,24). The maximum atomic E-state index is 13.9. The molecule has 0 saturated carbocycles. The third kappa shape index (κ3) is 7.10. The first-order chi connectivity index (χ1) is 12.4. The summed E-state index contributed by atoms with van der Waals surface area (Å²) in [5.74, 6) is -3.47. The molecule has 0 aliphatic rings. The Morgan fingerprint density at radius 1 is 1.08 bits per heavy atom. The van der Waals surface area contributed by atoms with Gasteiger partial charge in [0, 0.05) is 0 Å². The third-order valence-corrected chi connectivity index (χ3v) is 4.20. The molecular formula is C20H29F2NO3. The van der Waals surface area contributed by atoms with Gasteiger partial charge >= 0.3 is 5.97 Å². The first-order valence-corrected chi connectivity index (χ1v) is 9.30. The van der Waals surface area contributed by atoms with Crippen molar-refractivity contribution in [1.82, 2.24) is 5.32 Å². The summed E-state index contributed by atoms with van der Waals surface area (Å²) < 4.78 is 32.8. The number of ether oxygens (including phenoxy) is 1. The number of rotatable bonds is 11. The molecule has 0 bridgehead atoms. The molecule has 0 spiro atoms. The summed E-state index contributed by atoms with van der Waals surface area (Å²) in [6, 6.07) is 1.30. The minimum atomic E-state index is -0.980. The summed E-state index contributed by atoms with van der Waals surface area (Å²) in [6.07, 6.45) is 7.71. The fourth-order valence-corrected chi connectivity index (χ4v) is 2.55. The van der Waals surface area contributed by atoms with Gasteiger partial charge in [0.05, 0.1) is 6.61 Å². The largest absolute Gasteiger partial charge is 0.464 e. The van der Waals surface area contributed by atoms with Gasteiger partial charge in [-0.2, -0.15) is 0 Å². The summed E-state index contributed by atoms with van der Waals surface area (Å²) in [5, 5.41) is 2.29. The van der Waals surface area contributed by atoms with E-state index in [2.05, 4.69) is 12.2 Å². The second-order valence-corrected chi connectivity index (χ2v) is 6.54. The van der Waals surface area contributed by atoms with E-state index < -0.39 is 35.1 Å². The van der Waals surface area contributed by atoms with Gasteiger partial charge in [0.15, 0.2) is 0 Å². The molecule has 0 saturated heterocycles. The number of hydrogen-bond donors (Lipinski definition) is 1. The van der Waals surface area contributed by atoms with Crippen molar-refractivity contribution in [2.45, 2.75) is 71.8 Å². The number of amides is 1. The van der Waals surface area contributed by atoms with Crippen LogP contribution in [0.3, 0.4) is 0 Å². The molecule has 0 heterocycles. The highest BCUT2D eigenvalue weighted by atomic mass is 19.1. The highest BCUT2D eigenvalue weighted by Crippen LogP contribution is 2.16. The van der Waals surface area contributed by atoms with Gasteiger partial charge in [-0.1, -0.05) is 51.5 Å². The predicted octanol–water partition coefficient (Wildman–Crippen LogP) is 4.69. The Balaban J connectivity index is 2.36. The second kappa shape index (κ2) is 11.6. The number of carbonyl (C=O) groups excluding carboxylic acids is 2. The van der Waals surface area contributed by atoms with E-state index in [-0.39, 0.29) is 12.2 Å². The van der Waals surface area contributed by atoms with Crippen LogP contribution in [-0.4, -0.2) is 24.5 Å². The number of carbonyl (C=O) groups is 2. The molecule has 0 aliphatic heterocycles. The summed E-state index contributed by atoms with van der Waals surface area (Å²) >= 11 is 0. The van der Waals surface area contributed by atoms with E-state index in [4.69, 9.17) is 4.74 Å². The van der Waals surface area contributed by atoms with Gasteiger partial charge in [0.2, 0.25) is 0 Å². The predicted molar refractivity (Wildman–Crippen MR) is 97.0 cm³/mol. The van der Waals surface area contributed by atoms with Gasteiger partial charge in [-0.15, -0.1) is 0 Å². The lowest BCUT2D eigenvalue weighted by molar-refractivity contribution is -0.145. The first kappa shape index (κ1) is 22.1. The van der Waals surface area contributed by atoms with Crippen molar-refractivity contribution in [3.63, 3.8) is 0 Å². The van der Waals surface area contributed by atoms with E-state index in [1.807, 2.05) is 0 Å². The van der Waals surface area contributed by atoms with Crippen LogP contribution in [0, 0.1) is 18.6 Å². The van der Waals surface area contributed by atoms with Crippen molar-refractivity contribution < 1.29 is 23.1 Å². The molecule has 4 nitrogen and oxygen atoms in total. The smallest absolute Gasteiger partial charge is 0.328 e. The molecule has 26 heavy (non-hydrogen) atoms. The zero-order valence-corrected chi connectivity index (χ0v) is 15.9. The number of benzene rings is 1. The van der Waals surface area contributed by atoms with Crippen LogP contribution < -0.4 is 5.32 Å². The molecule has 1 unspecified atom stereocenters. The topological polar surface area (TPSA) is 55.4 Å². The van der Waals surface area contributed by atoms with E-state index >= 15 is 0 Å². The van der Waals surface area contributed by atoms with Crippen LogP contribution in [0.5, 0.6) is 0 Å². The Hall–Kier alpha value is -1.98. The summed E-state index contributed by atoms with van der Waals surface area (Å²) in [7, 11) is 0. The van der Waals surface area contributed by atoms with Crippen LogP contribution in [0.4, 0.5) is 8.78 Å². The van der Waals surface area contributed by atoms with E-state index in [0.717, 1.165) is 25.3 Å². The first-order valence-electron chi connectivity index (χ1n) is 9.30. The Morgan fingerprint density at radius 2 is 1.69 bits per heavy atom. The molecule has 146 valence electrons. The van der Waals surface area contributed by atoms with Crippen LogP contribution in [-0.2, 0) is 9.53 Å². The molecule has 0 aliphatic carbocycles. The molecule has 0 fully saturated rings. The quantitative estimate of drug-likeness (QED) is 0.455.